The lowest BCUT2D eigenvalue weighted by molar-refractivity contribution is 0.0636. The number of hydrogen-bond donors (Lipinski definition) is 1. The number of pyridine rings is 1. The van der Waals surface area contributed by atoms with Gasteiger partial charge in [0.15, 0.2) is 0 Å². The summed E-state index contributed by atoms with van der Waals surface area (Å²) in [5.74, 6) is 0.883. The van der Waals surface area contributed by atoms with Crippen LogP contribution in [0.3, 0.4) is 0 Å². The Morgan fingerprint density at radius 1 is 0.854 bits per heavy atom. The van der Waals surface area contributed by atoms with Crippen molar-refractivity contribution in [2.75, 3.05) is 5.32 Å². The highest BCUT2D eigenvalue weighted by Crippen LogP contribution is 2.37. The number of nitrogens with zero attached hydrogens (tertiary/aromatic N) is 3. The van der Waals surface area contributed by atoms with Gasteiger partial charge in [-0.2, -0.15) is 10.1 Å². The first-order valence-electron chi connectivity index (χ1n) is 13.5. The average Bonchev–Trinajstić information content (AvgIpc) is 3.29. The number of aryl methyl sites for hydroxylation is 2. The number of anilines is 1. The molecule has 2 aromatic heterocycles. The lowest BCUT2D eigenvalue weighted by Gasteiger charge is -2.20. The maximum absolute atomic E-state index is 12.4. The van der Waals surface area contributed by atoms with E-state index in [4.69, 9.17) is 24.3 Å². The Morgan fingerprint density at radius 2 is 1.49 bits per heavy atom. The maximum atomic E-state index is 12.4. The molecule has 3 aromatic carbocycles. The molecule has 1 N–H and O–H groups in total. The minimum Gasteiger partial charge on any atom is -0.473 e. The van der Waals surface area contributed by atoms with Crippen molar-refractivity contribution < 1.29 is 19.0 Å². The molecule has 0 aliphatic rings. The van der Waals surface area contributed by atoms with Crippen molar-refractivity contribution in [3.05, 3.63) is 102 Å². The largest absolute Gasteiger partial charge is 0.473 e. The molecule has 0 radical (unpaired) electrons. The van der Waals surface area contributed by atoms with Crippen LogP contribution in [-0.4, -0.2) is 26.5 Å². The van der Waals surface area contributed by atoms with E-state index in [1.807, 2.05) is 120 Å². The van der Waals surface area contributed by atoms with Crippen molar-refractivity contribution in [1.82, 2.24) is 14.8 Å². The minimum absolute atomic E-state index is 0.344. The summed E-state index contributed by atoms with van der Waals surface area (Å²) in [4.78, 5) is 17.2. The number of amides is 1. The molecule has 210 valence electrons. The van der Waals surface area contributed by atoms with Gasteiger partial charge in [-0.05, 0) is 62.6 Å². The van der Waals surface area contributed by atoms with E-state index in [0.717, 1.165) is 38.9 Å². The van der Waals surface area contributed by atoms with E-state index in [1.54, 1.807) is 4.68 Å². The molecular formula is C33H34N4O4. The number of carbonyl (C=O) groups excluding carboxylic acids is 1. The van der Waals surface area contributed by atoms with Gasteiger partial charge >= 0.3 is 6.09 Å². The normalized spacial score (nSPS) is 11.3. The number of rotatable bonds is 8. The molecule has 5 rings (SSSR count). The molecule has 1 amide bonds. The third-order valence-corrected chi connectivity index (χ3v) is 6.43. The molecule has 0 aliphatic heterocycles. The summed E-state index contributed by atoms with van der Waals surface area (Å²) in [6, 6.07) is 27.5. The summed E-state index contributed by atoms with van der Waals surface area (Å²) in [6.45, 7) is 8.19. The molecule has 2 heterocycles. The van der Waals surface area contributed by atoms with Crippen LogP contribution in [-0.2, 0) is 25.0 Å². The molecule has 0 saturated carbocycles. The zero-order valence-electron chi connectivity index (χ0n) is 24.0. The molecular weight excluding hydrogens is 516 g/mol. The summed E-state index contributed by atoms with van der Waals surface area (Å²) >= 11 is 0. The number of nitrogens with one attached hydrogen (secondary N) is 1. The zero-order valence-corrected chi connectivity index (χ0v) is 24.0. The van der Waals surface area contributed by atoms with Crippen LogP contribution in [0.4, 0.5) is 10.5 Å². The Bertz CT molecular complexity index is 1660. The molecule has 8 heteroatoms. The van der Waals surface area contributed by atoms with E-state index >= 15 is 0 Å². The summed E-state index contributed by atoms with van der Waals surface area (Å²) in [7, 11) is 1.88. The first kappa shape index (κ1) is 27.7. The Labute approximate surface area is 239 Å². The van der Waals surface area contributed by atoms with E-state index in [9.17, 15) is 4.79 Å². The van der Waals surface area contributed by atoms with Gasteiger partial charge in [-0.25, -0.2) is 4.79 Å². The number of ether oxygens (including phenoxy) is 3. The van der Waals surface area contributed by atoms with Crippen LogP contribution in [0.2, 0.25) is 0 Å². The number of carbonyl (C=O) groups is 1. The van der Waals surface area contributed by atoms with E-state index in [1.165, 1.54) is 0 Å². The summed E-state index contributed by atoms with van der Waals surface area (Å²) in [5.41, 5.74) is 5.35. The number of aromatic nitrogens is 3. The van der Waals surface area contributed by atoms with Crippen molar-refractivity contribution in [3.63, 3.8) is 0 Å². The van der Waals surface area contributed by atoms with Crippen LogP contribution in [0.25, 0.3) is 22.2 Å². The second-order valence-corrected chi connectivity index (χ2v) is 10.8. The van der Waals surface area contributed by atoms with Gasteiger partial charge in [-0.15, -0.1) is 0 Å². The van der Waals surface area contributed by atoms with E-state index in [2.05, 4.69) is 5.32 Å². The van der Waals surface area contributed by atoms with Gasteiger partial charge in [0.2, 0.25) is 11.8 Å². The summed E-state index contributed by atoms with van der Waals surface area (Å²) < 4.78 is 19.5. The number of hydrogen-bond acceptors (Lipinski definition) is 6. The van der Waals surface area contributed by atoms with Crippen molar-refractivity contribution in [1.29, 1.82) is 0 Å². The molecule has 0 atom stereocenters. The molecule has 8 nitrogen and oxygen atoms in total. The van der Waals surface area contributed by atoms with Crippen molar-refractivity contribution in [2.45, 2.75) is 46.5 Å². The molecule has 0 aliphatic carbocycles. The van der Waals surface area contributed by atoms with Crippen molar-refractivity contribution >= 4 is 22.7 Å². The zero-order chi connectivity index (χ0) is 29.0. The van der Waals surface area contributed by atoms with Crippen LogP contribution in [0.15, 0.2) is 84.9 Å². The molecule has 0 spiro atoms. The fourth-order valence-electron chi connectivity index (χ4n) is 4.56. The van der Waals surface area contributed by atoms with Gasteiger partial charge in [-0.3, -0.25) is 10.00 Å². The van der Waals surface area contributed by atoms with Gasteiger partial charge in [0.25, 0.3) is 0 Å². The summed E-state index contributed by atoms with van der Waals surface area (Å²) in [5, 5.41) is 8.62. The Hall–Kier alpha value is -4.85. The molecule has 0 saturated heterocycles. The second-order valence-electron chi connectivity index (χ2n) is 10.8. The fraction of sp³-hybridized carbons (Fsp3) is 0.242. The van der Waals surface area contributed by atoms with Crippen LogP contribution >= 0.6 is 0 Å². The van der Waals surface area contributed by atoms with E-state index in [-0.39, 0.29) is 0 Å². The Morgan fingerprint density at radius 3 is 2.12 bits per heavy atom. The van der Waals surface area contributed by atoms with Crippen LogP contribution in [0.5, 0.6) is 11.8 Å². The van der Waals surface area contributed by atoms with Crippen LogP contribution in [0, 0.1) is 6.92 Å². The molecule has 5 aromatic rings. The second kappa shape index (κ2) is 11.7. The monoisotopic (exact) mass is 550 g/mol. The minimum atomic E-state index is -0.595. The molecule has 0 bridgehead atoms. The lowest BCUT2D eigenvalue weighted by Crippen LogP contribution is -2.27. The lowest BCUT2D eigenvalue weighted by atomic mass is 10.0. The third-order valence-electron chi connectivity index (χ3n) is 6.43. The number of fused-ring (bicyclic) bond motifs is 1. The van der Waals surface area contributed by atoms with Crippen LogP contribution in [0.1, 0.15) is 37.5 Å². The highest BCUT2D eigenvalue weighted by molar-refractivity contribution is 6.00. The Balaban J connectivity index is 1.49. The summed E-state index contributed by atoms with van der Waals surface area (Å²) in [6.07, 6.45) is -0.505. The molecule has 0 unspecified atom stereocenters. The maximum Gasteiger partial charge on any atom is 0.412 e. The average molecular weight is 551 g/mol. The van der Waals surface area contributed by atoms with Crippen LogP contribution < -0.4 is 14.8 Å². The highest BCUT2D eigenvalue weighted by Gasteiger charge is 2.22. The predicted molar refractivity (Wildman–Crippen MR) is 160 cm³/mol. The first-order valence-corrected chi connectivity index (χ1v) is 13.5. The fourth-order valence-corrected chi connectivity index (χ4v) is 4.56. The van der Waals surface area contributed by atoms with E-state index < -0.39 is 11.7 Å². The molecule has 41 heavy (non-hydrogen) atoms. The van der Waals surface area contributed by atoms with E-state index in [0.29, 0.717) is 30.7 Å². The predicted octanol–water partition coefficient (Wildman–Crippen LogP) is 7.45. The van der Waals surface area contributed by atoms with Gasteiger partial charge in [0, 0.05) is 24.2 Å². The highest BCUT2D eigenvalue weighted by atomic mass is 16.6. The van der Waals surface area contributed by atoms with Crippen molar-refractivity contribution in [2.24, 2.45) is 7.05 Å². The van der Waals surface area contributed by atoms with Gasteiger partial charge in [0.1, 0.15) is 24.5 Å². The quantitative estimate of drug-likeness (QED) is 0.216. The number of benzene rings is 3. The van der Waals surface area contributed by atoms with Crippen molar-refractivity contribution in [3.8, 4) is 23.0 Å². The SMILES string of the molecule is Cc1c(NC(=O)OC(C)(C)C)ccc2c(-c3ccc(OCc4ccccc4)nc3OCc3ccccc3)nn(C)c12. The standard InChI is InChI=1S/C33H34N4O4/c1-22-27(34-32(38)41-33(2,3)4)18-16-25-29(36-37(5)30(22)25)26-17-19-28(39-20-23-12-8-6-9-13-23)35-31(26)40-21-24-14-10-7-11-15-24/h6-19H,20-21H2,1-5H3,(H,34,38). The van der Waals surface area contributed by atoms with Gasteiger partial charge < -0.3 is 14.2 Å². The smallest absolute Gasteiger partial charge is 0.412 e. The van der Waals surface area contributed by atoms with Gasteiger partial charge in [-0.1, -0.05) is 60.7 Å². The Kier molecular flexibility index (Phi) is 7.92. The molecule has 0 fully saturated rings. The first-order chi connectivity index (χ1) is 19.7. The van der Waals surface area contributed by atoms with Gasteiger partial charge in [0.05, 0.1) is 11.1 Å². The topological polar surface area (TPSA) is 87.5 Å². The third kappa shape index (κ3) is 6.66.